The third-order valence-electron chi connectivity index (χ3n) is 4.91. The lowest BCUT2D eigenvalue weighted by atomic mass is 10.0. The van der Waals surface area contributed by atoms with Gasteiger partial charge < -0.3 is 5.32 Å². The maximum Gasteiger partial charge on any atom is 0.123 e. The molecule has 1 N–H and O–H groups in total. The highest BCUT2D eigenvalue weighted by Gasteiger charge is 2.23. The van der Waals surface area contributed by atoms with Crippen LogP contribution >= 0.6 is 0 Å². The van der Waals surface area contributed by atoms with E-state index in [1.54, 1.807) is 0 Å². The maximum absolute atomic E-state index is 13.7. The minimum absolute atomic E-state index is 0.156. The number of nitriles is 2. The largest absolute Gasteiger partial charge is 0.315 e. The first-order valence-electron chi connectivity index (χ1n) is 8.92. The number of rotatable bonds is 5. The minimum Gasteiger partial charge on any atom is -0.315 e. The first kappa shape index (κ1) is 19.0. The molecule has 3 rings (SSSR count). The monoisotopic (exact) mass is 366 g/mol. The van der Waals surface area contributed by atoms with Gasteiger partial charge in [0.25, 0.3) is 0 Å². The Bertz CT molecular complexity index is 827. The summed E-state index contributed by atoms with van der Waals surface area (Å²) in [6.45, 7) is 2.41. The van der Waals surface area contributed by atoms with Gasteiger partial charge in [-0.05, 0) is 66.9 Å². The molecule has 1 fully saturated rings. The van der Waals surface area contributed by atoms with Crippen molar-refractivity contribution in [3.63, 3.8) is 0 Å². The molecule has 1 saturated heterocycles. The van der Waals surface area contributed by atoms with Crippen LogP contribution in [-0.2, 0) is 13.1 Å². The fourth-order valence-electron chi connectivity index (χ4n) is 3.50. The van der Waals surface area contributed by atoms with Crippen LogP contribution in [0.4, 0.5) is 8.78 Å². The lowest BCUT2D eigenvalue weighted by molar-refractivity contribution is 0.149. The van der Waals surface area contributed by atoms with Crippen LogP contribution in [0.2, 0.25) is 0 Å². The zero-order chi connectivity index (χ0) is 19.2. The summed E-state index contributed by atoms with van der Waals surface area (Å²) < 4.78 is 27.5. The average molecular weight is 366 g/mol. The lowest BCUT2D eigenvalue weighted by Gasteiger charge is -2.35. The van der Waals surface area contributed by atoms with Crippen molar-refractivity contribution >= 4 is 0 Å². The summed E-state index contributed by atoms with van der Waals surface area (Å²) in [7, 11) is 0. The van der Waals surface area contributed by atoms with Crippen molar-refractivity contribution in [3.05, 3.63) is 70.3 Å². The van der Waals surface area contributed by atoms with Crippen LogP contribution in [-0.4, -0.2) is 24.0 Å². The van der Waals surface area contributed by atoms with E-state index < -0.39 is 11.6 Å². The van der Waals surface area contributed by atoms with E-state index in [2.05, 4.69) is 22.4 Å². The van der Waals surface area contributed by atoms with Crippen molar-refractivity contribution in [2.24, 2.45) is 0 Å². The number of nitrogens with zero attached hydrogens (tertiary/aromatic N) is 3. The molecule has 1 aliphatic heterocycles. The number of halogens is 2. The zero-order valence-corrected chi connectivity index (χ0v) is 14.9. The van der Waals surface area contributed by atoms with Crippen molar-refractivity contribution < 1.29 is 8.78 Å². The van der Waals surface area contributed by atoms with Crippen molar-refractivity contribution in [1.82, 2.24) is 10.2 Å². The second-order valence-corrected chi connectivity index (χ2v) is 6.73. The molecule has 6 heteroatoms. The molecule has 0 unspecified atom stereocenters. The van der Waals surface area contributed by atoms with E-state index in [9.17, 15) is 19.3 Å². The number of hydrogen-bond acceptors (Lipinski definition) is 4. The molecular weight excluding hydrogens is 346 g/mol. The van der Waals surface area contributed by atoms with Crippen LogP contribution in [0.5, 0.6) is 0 Å². The van der Waals surface area contributed by atoms with E-state index in [0.29, 0.717) is 35.3 Å². The molecule has 0 aromatic heterocycles. The first-order valence-corrected chi connectivity index (χ1v) is 8.92. The van der Waals surface area contributed by atoms with Crippen LogP contribution in [0.25, 0.3) is 0 Å². The van der Waals surface area contributed by atoms with Gasteiger partial charge in [-0.2, -0.15) is 10.5 Å². The molecule has 0 amide bonds. The molecule has 4 nitrogen and oxygen atoms in total. The predicted molar refractivity (Wildman–Crippen MR) is 97.4 cm³/mol. The van der Waals surface area contributed by atoms with Crippen molar-refractivity contribution in [3.8, 4) is 12.1 Å². The van der Waals surface area contributed by atoms with Crippen LogP contribution in [0.3, 0.4) is 0 Å². The van der Waals surface area contributed by atoms with Gasteiger partial charge in [0, 0.05) is 25.7 Å². The van der Waals surface area contributed by atoms with Gasteiger partial charge >= 0.3 is 0 Å². The zero-order valence-electron chi connectivity index (χ0n) is 14.9. The summed E-state index contributed by atoms with van der Waals surface area (Å²) in [5, 5.41) is 22.0. The van der Waals surface area contributed by atoms with Crippen LogP contribution in [0.15, 0.2) is 36.4 Å². The summed E-state index contributed by atoms with van der Waals surface area (Å²) in [6.07, 6.45) is 1.95. The van der Waals surface area contributed by atoms with Gasteiger partial charge in [0.2, 0.25) is 0 Å². The standard InChI is InChI=1S/C21H20F2N4/c22-19-5-3-15(10-24)17(8-19)13-27(21-2-1-7-26-12-21)14-18-9-20(23)6-4-16(18)11-25/h3-6,8-9,21,26H,1-2,7,12-14H2/t21-/m1/s1. The second kappa shape index (κ2) is 8.73. The molecular formula is C21H20F2N4. The molecule has 1 heterocycles. The van der Waals surface area contributed by atoms with Gasteiger partial charge in [0.1, 0.15) is 11.6 Å². The summed E-state index contributed by atoms with van der Waals surface area (Å²) in [5.41, 5.74) is 2.03. The molecule has 2 aromatic carbocycles. The number of hydrogen-bond donors (Lipinski definition) is 1. The Morgan fingerprint density at radius 1 is 0.963 bits per heavy atom. The van der Waals surface area contributed by atoms with Crippen LogP contribution in [0, 0.1) is 34.3 Å². The van der Waals surface area contributed by atoms with Crippen LogP contribution in [0.1, 0.15) is 35.1 Å². The third kappa shape index (κ3) is 4.68. The molecule has 0 spiro atoms. The molecule has 27 heavy (non-hydrogen) atoms. The predicted octanol–water partition coefficient (Wildman–Crippen LogP) is 3.46. The normalized spacial score (nSPS) is 16.7. The van der Waals surface area contributed by atoms with Gasteiger partial charge in [-0.25, -0.2) is 8.78 Å². The van der Waals surface area contributed by atoms with Gasteiger partial charge in [-0.15, -0.1) is 0 Å². The highest BCUT2D eigenvalue weighted by molar-refractivity contribution is 5.39. The molecule has 0 bridgehead atoms. The Hall–Kier alpha value is -2.80. The smallest absolute Gasteiger partial charge is 0.123 e. The number of benzene rings is 2. The van der Waals surface area contributed by atoms with E-state index >= 15 is 0 Å². The third-order valence-corrected chi connectivity index (χ3v) is 4.91. The SMILES string of the molecule is N#Cc1ccc(F)cc1CN(Cc1cc(F)ccc1C#N)[C@@H]1CCCNC1. The highest BCUT2D eigenvalue weighted by atomic mass is 19.1. The van der Waals surface area contributed by atoms with Crippen molar-refractivity contribution in [2.45, 2.75) is 32.0 Å². The van der Waals surface area contributed by atoms with Crippen molar-refractivity contribution in [1.29, 1.82) is 10.5 Å². The fraction of sp³-hybridized carbons (Fsp3) is 0.333. The molecule has 0 radical (unpaired) electrons. The maximum atomic E-state index is 13.7. The quantitative estimate of drug-likeness (QED) is 0.880. The Labute approximate surface area is 157 Å². The first-order chi connectivity index (χ1) is 13.1. The number of nitrogens with one attached hydrogen (secondary N) is 1. The second-order valence-electron chi connectivity index (χ2n) is 6.73. The Kier molecular flexibility index (Phi) is 6.13. The molecule has 1 aliphatic rings. The van der Waals surface area contributed by atoms with E-state index in [-0.39, 0.29) is 6.04 Å². The average Bonchev–Trinajstić information content (AvgIpc) is 2.68. The van der Waals surface area contributed by atoms with Gasteiger partial charge in [0.05, 0.1) is 23.3 Å². The topological polar surface area (TPSA) is 62.9 Å². The van der Waals surface area contributed by atoms with E-state index in [0.717, 1.165) is 25.9 Å². The number of piperidine rings is 1. The summed E-state index contributed by atoms with van der Waals surface area (Å²) in [6, 6.07) is 12.6. The Balaban J connectivity index is 1.93. The summed E-state index contributed by atoms with van der Waals surface area (Å²) in [4.78, 5) is 2.09. The van der Waals surface area contributed by atoms with Gasteiger partial charge in [0.15, 0.2) is 0 Å². The van der Waals surface area contributed by atoms with E-state index in [4.69, 9.17) is 0 Å². The molecule has 1 atom stereocenters. The Morgan fingerprint density at radius 2 is 1.52 bits per heavy atom. The van der Waals surface area contributed by atoms with Crippen LogP contribution < -0.4 is 5.32 Å². The minimum atomic E-state index is -0.394. The Morgan fingerprint density at radius 3 is 1.96 bits per heavy atom. The summed E-state index contributed by atoms with van der Waals surface area (Å²) in [5.74, 6) is -0.789. The van der Waals surface area contributed by atoms with E-state index in [1.165, 1.54) is 36.4 Å². The highest BCUT2D eigenvalue weighted by Crippen LogP contribution is 2.22. The lowest BCUT2D eigenvalue weighted by Crippen LogP contribution is -2.45. The van der Waals surface area contributed by atoms with Crippen molar-refractivity contribution in [2.75, 3.05) is 13.1 Å². The molecule has 2 aromatic rings. The summed E-state index contributed by atoms with van der Waals surface area (Å²) >= 11 is 0. The molecule has 0 aliphatic carbocycles. The van der Waals surface area contributed by atoms with E-state index in [1.807, 2.05) is 0 Å². The van der Waals surface area contributed by atoms with Gasteiger partial charge in [-0.3, -0.25) is 4.90 Å². The molecule has 0 saturated carbocycles. The molecule has 138 valence electrons. The van der Waals surface area contributed by atoms with Gasteiger partial charge in [-0.1, -0.05) is 0 Å². The fourth-order valence-corrected chi connectivity index (χ4v) is 3.50.